The van der Waals surface area contributed by atoms with Gasteiger partial charge in [-0.1, -0.05) is 65.0 Å². The van der Waals surface area contributed by atoms with E-state index >= 15 is 0 Å². The predicted molar refractivity (Wildman–Crippen MR) is 98.8 cm³/mol. The van der Waals surface area contributed by atoms with Gasteiger partial charge in [0, 0.05) is 12.2 Å². The van der Waals surface area contributed by atoms with Crippen LogP contribution in [0.3, 0.4) is 0 Å². The third-order valence-electron chi connectivity index (χ3n) is 2.79. The van der Waals surface area contributed by atoms with E-state index in [-0.39, 0.29) is 0 Å². The van der Waals surface area contributed by atoms with Crippen molar-refractivity contribution in [2.75, 3.05) is 6.61 Å². The van der Waals surface area contributed by atoms with E-state index in [9.17, 15) is 9.59 Å². The highest BCUT2D eigenvalue weighted by Crippen LogP contribution is 2.36. The zero-order valence-electron chi connectivity index (χ0n) is 14.3. The zero-order chi connectivity index (χ0) is 18.8. The van der Waals surface area contributed by atoms with E-state index in [1.807, 2.05) is 0 Å². The maximum Gasteiger partial charge on any atom is 0.338 e. The Bertz CT molecular complexity index is 401. The van der Waals surface area contributed by atoms with Crippen molar-refractivity contribution in [3.63, 3.8) is 0 Å². The molecule has 6 nitrogen and oxygen atoms in total. The molecular weight excluding hydrogens is 351 g/mol. The number of carbonyl (C=O) groups is 2. The Kier molecular flexibility index (Phi) is 18.0. The summed E-state index contributed by atoms with van der Waals surface area (Å²) in [7, 11) is 0. The van der Waals surface area contributed by atoms with Crippen molar-refractivity contribution in [3.8, 4) is 0 Å². The van der Waals surface area contributed by atoms with Gasteiger partial charge in [0.05, 0.1) is 6.61 Å². The normalized spacial score (nSPS) is 10.3. The first kappa shape index (κ1) is 25.4. The van der Waals surface area contributed by atoms with Crippen LogP contribution in [0.4, 0.5) is 0 Å². The predicted octanol–water partition coefficient (Wildman–Crippen LogP) is 3.78. The van der Waals surface area contributed by atoms with Gasteiger partial charge in [-0.2, -0.15) is 0 Å². The Labute approximate surface area is 149 Å². The van der Waals surface area contributed by atoms with Crippen molar-refractivity contribution in [3.05, 3.63) is 25.3 Å². The first-order chi connectivity index (χ1) is 11.3. The third kappa shape index (κ3) is 23.4. The van der Waals surface area contributed by atoms with Gasteiger partial charge in [-0.25, -0.2) is 9.59 Å². The Hall–Kier alpha value is -0.850. The second kappa shape index (κ2) is 17.0. The minimum Gasteiger partial charge on any atom is -0.387 e. The molecule has 0 saturated heterocycles. The molecule has 0 aromatic carbocycles. The van der Waals surface area contributed by atoms with Crippen molar-refractivity contribution in [2.24, 2.45) is 0 Å². The lowest BCUT2D eigenvalue weighted by atomic mass is 10.1. The fourth-order valence-corrected chi connectivity index (χ4v) is 2.19. The molecule has 24 heavy (non-hydrogen) atoms. The Morgan fingerprint density at radius 1 is 0.958 bits per heavy atom. The van der Waals surface area contributed by atoms with E-state index in [1.165, 1.54) is 38.5 Å². The van der Waals surface area contributed by atoms with Crippen LogP contribution in [0.5, 0.6) is 0 Å². The van der Waals surface area contributed by atoms with E-state index < -0.39 is 18.7 Å². The average Bonchev–Trinajstić information content (AvgIpc) is 2.52. The van der Waals surface area contributed by atoms with Gasteiger partial charge >= 0.3 is 18.7 Å². The topological polar surface area (TPSA) is 93.1 Å². The van der Waals surface area contributed by atoms with E-state index in [1.54, 1.807) is 0 Å². The molecule has 0 saturated carbocycles. The van der Waals surface area contributed by atoms with Crippen LogP contribution >= 0.6 is 6.72 Å². The van der Waals surface area contributed by atoms with Crippen LogP contribution in [0.25, 0.3) is 0 Å². The van der Waals surface area contributed by atoms with Gasteiger partial charge in [-0.05, 0) is 18.2 Å². The SMILES string of the molecule is C=CC(=O)OC(=O)C=C.CCCCCCCCCCOP(O)(O)=S. The number of rotatable bonds is 12. The summed E-state index contributed by atoms with van der Waals surface area (Å²) >= 11 is 4.33. The highest BCUT2D eigenvalue weighted by Gasteiger charge is 2.06. The number of unbranched alkanes of at least 4 members (excludes halogenated alkanes) is 7. The fourth-order valence-electron chi connectivity index (χ4n) is 1.60. The van der Waals surface area contributed by atoms with Crippen LogP contribution in [-0.4, -0.2) is 28.3 Å². The highest BCUT2D eigenvalue weighted by molar-refractivity contribution is 8.06. The molecule has 0 aliphatic carbocycles. The lowest BCUT2D eigenvalue weighted by Gasteiger charge is -2.07. The summed E-state index contributed by atoms with van der Waals surface area (Å²) in [5, 5.41) is 0. The monoisotopic (exact) mass is 380 g/mol. The molecule has 0 atom stereocenters. The van der Waals surface area contributed by atoms with Gasteiger partial charge in [0.25, 0.3) is 0 Å². The Morgan fingerprint density at radius 3 is 1.75 bits per heavy atom. The van der Waals surface area contributed by atoms with Gasteiger partial charge in [-0.3, -0.25) is 0 Å². The molecule has 0 heterocycles. The molecule has 0 rings (SSSR count). The van der Waals surface area contributed by atoms with Crippen molar-refractivity contribution in [1.82, 2.24) is 0 Å². The molecule has 2 N–H and O–H groups in total. The standard InChI is InChI=1S/C10H23O3PS.C6H6O3/c1-2-3-4-5-6-7-8-9-10-13-14(11,12)15;1-3-5(7)9-6(8)4-2/h2-10H2,1H3,(H2,11,12,15);3-4H,1-2H2. The number of carbonyl (C=O) groups excluding carboxylic acids is 2. The van der Waals surface area contributed by atoms with Crippen LogP contribution < -0.4 is 0 Å². The molecule has 0 aliphatic rings. The van der Waals surface area contributed by atoms with Crippen LogP contribution in [0.15, 0.2) is 25.3 Å². The minimum absolute atomic E-state index is 0.374. The zero-order valence-corrected chi connectivity index (χ0v) is 16.0. The van der Waals surface area contributed by atoms with Gasteiger partial charge in [0.15, 0.2) is 0 Å². The highest BCUT2D eigenvalue weighted by atomic mass is 32.5. The van der Waals surface area contributed by atoms with Crippen LogP contribution in [0.2, 0.25) is 0 Å². The van der Waals surface area contributed by atoms with Crippen molar-refractivity contribution >= 4 is 30.5 Å². The summed E-state index contributed by atoms with van der Waals surface area (Å²) in [4.78, 5) is 37.9. The van der Waals surface area contributed by atoms with Crippen LogP contribution in [-0.2, 0) is 30.7 Å². The fraction of sp³-hybridized carbons (Fsp3) is 0.625. The summed E-state index contributed by atoms with van der Waals surface area (Å²) in [6.45, 7) is 5.36. The van der Waals surface area contributed by atoms with Crippen molar-refractivity contribution < 1.29 is 28.6 Å². The quantitative estimate of drug-likeness (QED) is 0.175. The second-order valence-electron chi connectivity index (χ2n) is 4.95. The summed E-state index contributed by atoms with van der Waals surface area (Å²) in [6.07, 6.45) is 11.5. The summed E-state index contributed by atoms with van der Waals surface area (Å²) < 4.78 is 8.75. The lowest BCUT2D eigenvalue weighted by Crippen LogP contribution is -2.05. The van der Waals surface area contributed by atoms with Gasteiger partial charge in [0.2, 0.25) is 0 Å². The summed E-state index contributed by atoms with van der Waals surface area (Å²) in [6, 6.07) is 0. The molecular formula is C16H29O6PS. The molecule has 0 spiro atoms. The van der Waals surface area contributed by atoms with Crippen molar-refractivity contribution in [2.45, 2.75) is 58.3 Å². The summed E-state index contributed by atoms with van der Waals surface area (Å²) in [5.41, 5.74) is 0. The number of hydrogen-bond acceptors (Lipinski definition) is 5. The van der Waals surface area contributed by atoms with Crippen molar-refractivity contribution in [1.29, 1.82) is 0 Å². The smallest absolute Gasteiger partial charge is 0.338 e. The number of ether oxygens (including phenoxy) is 1. The number of hydrogen-bond donors (Lipinski definition) is 2. The molecule has 0 aromatic rings. The Morgan fingerprint density at radius 2 is 1.38 bits per heavy atom. The molecule has 140 valence electrons. The molecule has 0 bridgehead atoms. The van der Waals surface area contributed by atoms with Gasteiger partial charge in [-0.15, -0.1) is 0 Å². The minimum atomic E-state index is -3.40. The van der Waals surface area contributed by atoms with Gasteiger partial charge in [0.1, 0.15) is 0 Å². The van der Waals surface area contributed by atoms with E-state index in [0.717, 1.165) is 25.0 Å². The average molecular weight is 380 g/mol. The van der Waals surface area contributed by atoms with E-state index in [2.05, 4.69) is 36.6 Å². The van der Waals surface area contributed by atoms with Crippen LogP contribution in [0.1, 0.15) is 58.3 Å². The maximum absolute atomic E-state index is 10.2. The van der Waals surface area contributed by atoms with E-state index in [0.29, 0.717) is 6.61 Å². The third-order valence-corrected chi connectivity index (χ3v) is 3.63. The molecule has 0 unspecified atom stereocenters. The second-order valence-corrected chi connectivity index (χ2v) is 7.61. The Balaban J connectivity index is 0. The molecule has 0 amide bonds. The first-order valence-corrected chi connectivity index (χ1v) is 10.6. The molecule has 0 aliphatic heterocycles. The maximum atomic E-state index is 10.2. The lowest BCUT2D eigenvalue weighted by molar-refractivity contribution is -0.152. The molecule has 8 heteroatoms. The van der Waals surface area contributed by atoms with Gasteiger partial charge < -0.3 is 19.0 Å². The number of esters is 2. The summed E-state index contributed by atoms with van der Waals surface area (Å²) in [5.74, 6) is -1.53. The first-order valence-electron chi connectivity index (χ1n) is 7.97. The van der Waals surface area contributed by atoms with Crippen LogP contribution in [0, 0.1) is 0 Å². The molecule has 0 radical (unpaired) electrons. The molecule has 0 aromatic heterocycles. The van der Waals surface area contributed by atoms with E-state index in [4.69, 9.17) is 14.3 Å². The largest absolute Gasteiger partial charge is 0.387 e. The molecule has 0 fully saturated rings.